The molecule has 4 nitrogen and oxygen atoms in total. The SMILES string of the molecule is CCc1nc(-c2ccc(C(F)(F)F)cc2)nc2cc(OC)c(OC)cc12. The van der Waals surface area contributed by atoms with E-state index in [0.29, 0.717) is 34.8 Å². The topological polar surface area (TPSA) is 44.2 Å². The number of methoxy groups -OCH3 is 2. The number of halogens is 3. The van der Waals surface area contributed by atoms with E-state index in [9.17, 15) is 13.2 Å². The van der Waals surface area contributed by atoms with E-state index in [2.05, 4.69) is 9.97 Å². The van der Waals surface area contributed by atoms with Crippen molar-refractivity contribution in [1.82, 2.24) is 9.97 Å². The Balaban J connectivity index is 2.15. The third-order valence-electron chi connectivity index (χ3n) is 4.09. The van der Waals surface area contributed by atoms with E-state index < -0.39 is 11.7 Å². The molecule has 3 rings (SSSR count). The first-order valence-electron chi connectivity index (χ1n) is 7.97. The van der Waals surface area contributed by atoms with Crippen LogP contribution in [0.4, 0.5) is 13.2 Å². The van der Waals surface area contributed by atoms with Gasteiger partial charge in [0.15, 0.2) is 17.3 Å². The van der Waals surface area contributed by atoms with Crippen LogP contribution in [0.5, 0.6) is 11.5 Å². The van der Waals surface area contributed by atoms with Gasteiger partial charge in [0.1, 0.15) is 0 Å². The van der Waals surface area contributed by atoms with Crippen LogP contribution in [0.25, 0.3) is 22.3 Å². The molecular formula is C19H17F3N2O2. The number of hydrogen-bond donors (Lipinski definition) is 0. The van der Waals surface area contributed by atoms with Crippen LogP contribution in [0.3, 0.4) is 0 Å². The molecular weight excluding hydrogens is 345 g/mol. The Morgan fingerprint density at radius 1 is 0.923 bits per heavy atom. The number of fused-ring (bicyclic) bond motifs is 1. The maximum atomic E-state index is 12.7. The van der Waals surface area contributed by atoms with Crippen molar-refractivity contribution in [3.05, 3.63) is 47.7 Å². The van der Waals surface area contributed by atoms with Crippen molar-refractivity contribution in [2.45, 2.75) is 19.5 Å². The predicted molar refractivity (Wildman–Crippen MR) is 92.5 cm³/mol. The molecule has 0 atom stereocenters. The molecule has 0 saturated carbocycles. The van der Waals surface area contributed by atoms with Crippen LogP contribution in [-0.2, 0) is 12.6 Å². The molecule has 136 valence electrons. The fraction of sp³-hybridized carbons (Fsp3) is 0.263. The molecule has 1 aromatic heterocycles. The minimum absolute atomic E-state index is 0.371. The molecule has 7 heteroatoms. The molecule has 0 fully saturated rings. The average molecular weight is 362 g/mol. The van der Waals surface area contributed by atoms with Gasteiger partial charge in [0.25, 0.3) is 0 Å². The minimum Gasteiger partial charge on any atom is -0.493 e. The highest BCUT2D eigenvalue weighted by Crippen LogP contribution is 2.34. The van der Waals surface area contributed by atoms with Crippen LogP contribution in [-0.4, -0.2) is 24.2 Å². The lowest BCUT2D eigenvalue weighted by Crippen LogP contribution is -2.04. The van der Waals surface area contributed by atoms with Gasteiger partial charge in [0.2, 0.25) is 0 Å². The smallest absolute Gasteiger partial charge is 0.416 e. The third kappa shape index (κ3) is 3.29. The number of nitrogens with zero attached hydrogens (tertiary/aromatic N) is 2. The highest BCUT2D eigenvalue weighted by atomic mass is 19.4. The number of rotatable bonds is 4. The molecule has 0 unspecified atom stereocenters. The zero-order chi connectivity index (χ0) is 18.9. The summed E-state index contributed by atoms with van der Waals surface area (Å²) in [5, 5.41) is 0.820. The predicted octanol–water partition coefficient (Wildman–Crippen LogP) is 4.90. The molecule has 0 aliphatic heterocycles. The summed E-state index contributed by atoms with van der Waals surface area (Å²) in [6.45, 7) is 1.95. The largest absolute Gasteiger partial charge is 0.493 e. The summed E-state index contributed by atoms with van der Waals surface area (Å²) >= 11 is 0. The van der Waals surface area contributed by atoms with Gasteiger partial charge in [0, 0.05) is 17.0 Å². The second-order valence-corrected chi connectivity index (χ2v) is 5.65. The van der Waals surface area contributed by atoms with Gasteiger partial charge in [-0.3, -0.25) is 0 Å². The Morgan fingerprint density at radius 2 is 1.54 bits per heavy atom. The maximum absolute atomic E-state index is 12.7. The summed E-state index contributed by atoms with van der Waals surface area (Å²) in [6.07, 6.45) is -3.73. The molecule has 0 bridgehead atoms. The van der Waals surface area contributed by atoms with Crippen molar-refractivity contribution in [2.75, 3.05) is 14.2 Å². The van der Waals surface area contributed by atoms with Crippen LogP contribution < -0.4 is 9.47 Å². The van der Waals surface area contributed by atoms with Crippen LogP contribution >= 0.6 is 0 Å². The van der Waals surface area contributed by atoms with Gasteiger partial charge in [-0.1, -0.05) is 19.1 Å². The Bertz CT molecular complexity index is 938. The standard InChI is InChI=1S/C19H17F3N2O2/c1-4-14-13-9-16(25-2)17(26-3)10-15(13)24-18(23-14)11-5-7-12(8-6-11)19(20,21)22/h5-10H,4H2,1-3H3. The first-order chi connectivity index (χ1) is 12.4. The number of ether oxygens (including phenoxy) is 2. The zero-order valence-corrected chi connectivity index (χ0v) is 14.5. The van der Waals surface area contributed by atoms with Gasteiger partial charge in [-0.15, -0.1) is 0 Å². The van der Waals surface area contributed by atoms with Gasteiger partial charge < -0.3 is 9.47 Å². The highest BCUT2D eigenvalue weighted by Gasteiger charge is 2.30. The molecule has 0 radical (unpaired) electrons. The number of aromatic nitrogens is 2. The monoisotopic (exact) mass is 362 g/mol. The van der Waals surface area contributed by atoms with E-state index in [4.69, 9.17) is 9.47 Å². The van der Waals surface area contributed by atoms with Crippen LogP contribution in [0.1, 0.15) is 18.2 Å². The lowest BCUT2D eigenvalue weighted by molar-refractivity contribution is -0.137. The molecule has 0 aliphatic carbocycles. The van der Waals surface area contributed by atoms with Gasteiger partial charge in [-0.2, -0.15) is 13.2 Å². The second kappa shape index (κ2) is 6.82. The van der Waals surface area contributed by atoms with Crippen molar-refractivity contribution < 1.29 is 22.6 Å². The van der Waals surface area contributed by atoms with Crippen molar-refractivity contribution in [3.8, 4) is 22.9 Å². The molecule has 0 aliphatic rings. The van der Waals surface area contributed by atoms with Crippen LogP contribution in [0, 0.1) is 0 Å². The Kier molecular flexibility index (Phi) is 4.71. The molecule has 2 aromatic carbocycles. The van der Waals surface area contributed by atoms with Gasteiger partial charge in [-0.05, 0) is 24.6 Å². The van der Waals surface area contributed by atoms with Crippen molar-refractivity contribution in [1.29, 1.82) is 0 Å². The summed E-state index contributed by atoms with van der Waals surface area (Å²) in [4.78, 5) is 9.03. The van der Waals surface area contributed by atoms with Crippen molar-refractivity contribution >= 4 is 10.9 Å². The Hall–Kier alpha value is -2.83. The fourth-order valence-corrected chi connectivity index (χ4v) is 2.73. The molecule has 1 heterocycles. The summed E-state index contributed by atoms with van der Waals surface area (Å²) in [6, 6.07) is 8.37. The quantitative estimate of drug-likeness (QED) is 0.662. The maximum Gasteiger partial charge on any atom is 0.416 e. The molecule has 0 N–H and O–H groups in total. The molecule has 0 saturated heterocycles. The van der Waals surface area contributed by atoms with Crippen LogP contribution in [0.15, 0.2) is 36.4 Å². The summed E-state index contributed by atoms with van der Waals surface area (Å²) in [5.41, 5.74) is 1.24. The molecule has 26 heavy (non-hydrogen) atoms. The van der Waals surface area contributed by atoms with Gasteiger partial charge in [-0.25, -0.2) is 9.97 Å². The van der Waals surface area contributed by atoms with Gasteiger partial charge >= 0.3 is 6.18 Å². The number of benzene rings is 2. The van der Waals surface area contributed by atoms with E-state index in [1.165, 1.54) is 19.2 Å². The lowest BCUT2D eigenvalue weighted by Gasteiger charge is -2.12. The number of alkyl halides is 3. The Labute approximate surface area is 148 Å². The summed E-state index contributed by atoms with van der Waals surface area (Å²) in [5.74, 6) is 1.47. The molecule has 0 spiro atoms. The average Bonchev–Trinajstić information content (AvgIpc) is 2.65. The van der Waals surface area contributed by atoms with Gasteiger partial charge in [0.05, 0.1) is 31.0 Å². The Morgan fingerprint density at radius 3 is 2.08 bits per heavy atom. The van der Waals surface area contributed by atoms with E-state index in [-0.39, 0.29) is 0 Å². The van der Waals surface area contributed by atoms with E-state index >= 15 is 0 Å². The van der Waals surface area contributed by atoms with E-state index in [1.807, 2.05) is 13.0 Å². The minimum atomic E-state index is -4.37. The summed E-state index contributed by atoms with van der Waals surface area (Å²) in [7, 11) is 3.08. The summed E-state index contributed by atoms with van der Waals surface area (Å²) < 4.78 is 48.9. The van der Waals surface area contributed by atoms with Crippen LogP contribution in [0.2, 0.25) is 0 Å². The second-order valence-electron chi connectivity index (χ2n) is 5.65. The van der Waals surface area contributed by atoms with E-state index in [0.717, 1.165) is 23.2 Å². The third-order valence-corrected chi connectivity index (χ3v) is 4.09. The van der Waals surface area contributed by atoms with Crippen molar-refractivity contribution in [3.63, 3.8) is 0 Å². The molecule has 3 aromatic rings. The fourth-order valence-electron chi connectivity index (χ4n) is 2.73. The highest BCUT2D eigenvalue weighted by molar-refractivity contribution is 5.86. The lowest BCUT2D eigenvalue weighted by atomic mass is 10.1. The number of hydrogen-bond acceptors (Lipinski definition) is 4. The molecule has 0 amide bonds. The number of aryl methyl sites for hydroxylation is 1. The van der Waals surface area contributed by atoms with E-state index in [1.54, 1.807) is 13.2 Å². The first kappa shape index (κ1) is 18.0. The van der Waals surface area contributed by atoms with Crippen molar-refractivity contribution in [2.24, 2.45) is 0 Å². The first-order valence-corrected chi connectivity index (χ1v) is 7.97. The zero-order valence-electron chi connectivity index (χ0n) is 14.5. The normalized spacial score (nSPS) is 11.6.